The molecule has 1 atom stereocenters. The van der Waals surface area contributed by atoms with Crippen LogP contribution in [0.1, 0.15) is 70.2 Å². The lowest BCUT2D eigenvalue weighted by Gasteiger charge is -2.16. The Morgan fingerprint density at radius 1 is 1.14 bits per heavy atom. The quantitative estimate of drug-likeness (QED) is 0.585. The molecule has 1 aromatic rings. The smallest absolute Gasteiger partial charge is 0.0766 e. The lowest BCUT2D eigenvalue weighted by molar-refractivity contribution is 0.468. The summed E-state index contributed by atoms with van der Waals surface area (Å²) in [4.78, 5) is 0. The highest BCUT2D eigenvalue weighted by Crippen LogP contribution is 2.23. The first-order valence-corrected chi connectivity index (χ1v) is 9.30. The van der Waals surface area contributed by atoms with E-state index >= 15 is 0 Å². The third kappa shape index (κ3) is 6.11. The van der Waals surface area contributed by atoms with Gasteiger partial charge in [0.1, 0.15) is 0 Å². The van der Waals surface area contributed by atoms with E-state index in [9.17, 15) is 0 Å². The fourth-order valence-corrected chi connectivity index (χ4v) is 3.57. The molecule has 0 bridgehead atoms. The molecule has 0 radical (unpaired) electrons. The standard InChI is InChI=1S/C17H32BrN3/c1-5-7-8-9-10-11-12-14(19-3)13-16-17(18)15(6-2)20-21(16)4/h14,19H,5-13H2,1-4H3. The minimum atomic E-state index is 0.549. The van der Waals surface area contributed by atoms with E-state index < -0.39 is 0 Å². The Bertz CT molecular complexity index is 401. The molecule has 3 nitrogen and oxygen atoms in total. The molecule has 122 valence electrons. The lowest BCUT2D eigenvalue weighted by Crippen LogP contribution is -2.28. The van der Waals surface area contributed by atoms with Crippen molar-refractivity contribution in [3.05, 3.63) is 15.9 Å². The maximum atomic E-state index is 4.59. The van der Waals surface area contributed by atoms with E-state index in [1.807, 2.05) is 4.68 Å². The van der Waals surface area contributed by atoms with Crippen LogP contribution in [0.5, 0.6) is 0 Å². The lowest BCUT2D eigenvalue weighted by atomic mass is 10.0. The van der Waals surface area contributed by atoms with Crippen molar-refractivity contribution < 1.29 is 0 Å². The van der Waals surface area contributed by atoms with Gasteiger partial charge in [-0.25, -0.2) is 0 Å². The van der Waals surface area contributed by atoms with Crippen molar-refractivity contribution in [2.75, 3.05) is 7.05 Å². The molecule has 0 aliphatic heterocycles. The van der Waals surface area contributed by atoms with Gasteiger partial charge in [-0.1, -0.05) is 52.4 Å². The number of aryl methyl sites for hydroxylation is 2. The van der Waals surface area contributed by atoms with Gasteiger partial charge in [-0.05, 0) is 35.8 Å². The van der Waals surface area contributed by atoms with Crippen LogP contribution in [-0.2, 0) is 19.9 Å². The largest absolute Gasteiger partial charge is 0.317 e. The fourth-order valence-electron chi connectivity index (χ4n) is 2.79. The number of likely N-dealkylation sites (N-methyl/N-ethyl adjacent to an activating group) is 1. The Kier molecular flexibility index (Phi) is 9.25. The molecule has 1 rings (SSSR count). The number of aromatic nitrogens is 2. The van der Waals surface area contributed by atoms with Gasteiger partial charge in [0.25, 0.3) is 0 Å². The zero-order valence-electron chi connectivity index (χ0n) is 14.2. The summed E-state index contributed by atoms with van der Waals surface area (Å²) in [6.07, 6.45) is 11.5. The number of halogens is 1. The molecule has 1 aromatic heterocycles. The number of rotatable bonds is 11. The van der Waals surface area contributed by atoms with Crippen LogP contribution >= 0.6 is 15.9 Å². The first-order valence-electron chi connectivity index (χ1n) is 8.51. The van der Waals surface area contributed by atoms with Gasteiger partial charge in [-0.15, -0.1) is 0 Å². The van der Waals surface area contributed by atoms with Crippen LogP contribution in [0.25, 0.3) is 0 Å². The Morgan fingerprint density at radius 3 is 2.38 bits per heavy atom. The van der Waals surface area contributed by atoms with Crippen molar-refractivity contribution in [2.24, 2.45) is 7.05 Å². The molecule has 0 aliphatic carbocycles. The van der Waals surface area contributed by atoms with Gasteiger partial charge in [-0.2, -0.15) is 5.10 Å². The van der Waals surface area contributed by atoms with Crippen molar-refractivity contribution in [3.63, 3.8) is 0 Å². The predicted molar refractivity (Wildman–Crippen MR) is 94.8 cm³/mol. The van der Waals surface area contributed by atoms with Crippen molar-refractivity contribution >= 4 is 15.9 Å². The molecular formula is C17H32BrN3. The van der Waals surface area contributed by atoms with E-state index in [1.54, 1.807) is 0 Å². The van der Waals surface area contributed by atoms with E-state index in [0.29, 0.717) is 6.04 Å². The average molecular weight is 358 g/mol. The topological polar surface area (TPSA) is 29.9 Å². The summed E-state index contributed by atoms with van der Waals surface area (Å²) < 4.78 is 3.24. The summed E-state index contributed by atoms with van der Waals surface area (Å²) in [6, 6.07) is 0.549. The molecule has 21 heavy (non-hydrogen) atoms. The molecule has 0 fully saturated rings. The number of hydrogen-bond acceptors (Lipinski definition) is 2. The third-order valence-electron chi connectivity index (χ3n) is 4.26. The fraction of sp³-hybridized carbons (Fsp3) is 0.824. The van der Waals surface area contributed by atoms with Crippen LogP contribution < -0.4 is 5.32 Å². The second-order valence-corrected chi connectivity index (χ2v) is 6.72. The van der Waals surface area contributed by atoms with E-state index in [1.165, 1.54) is 60.8 Å². The molecule has 1 unspecified atom stereocenters. The van der Waals surface area contributed by atoms with Gasteiger partial charge < -0.3 is 5.32 Å². The summed E-state index contributed by atoms with van der Waals surface area (Å²) in [7, 11) is 4.13. The second kappa shape index (κ2) is 10.4. The SMILES string of the molecule is CCCCCCCCC(Cc1c(Br)c(CC)nn1C)NC. The molecule has 0 spiro atoms. The van der Waals surface area contributed by atoms with E-state index in [2.05, 4.69) is 54.3 Å². The summed E-state index contributed by atoms with van der Waals surface area (Å²) in [5.74, 6) is 0. The zero-order chi connectivity index (χ0) is 15.7. The first-order chi connectivity index (χ1) is 10.1. The van der Waals surface area contributed by atoms with Crippen LogP contribution in [0.4, 0.5) is 0 Å². The molecule has 0 aliphatic rings. The number of nitrogens with zero attached hydrogens (tertiary/aromatic N) is 2. The Labute approximate surface area is 139 Å². The van der Waals surface area contributed by atoms with Crippen molar-refractivity contribution in [3.8, 4) is 0 Å². The maximum absolute atomic E-state index is 4.59. The predicted octanol–water partition coefficient (Wildman–Crippen LogP) is 4.63. The molecule has 1 heterocycles. The Hall–Kier alpha value is -0.350. The van der Waals surface area contributed by atoms with Crippen LogP contribution in [0.15, 0.2) is 4.47 Å². The number of nitrogens with one attached hydrogen (secondary N) is 1. The van der Waals surface area contributed by atoms with E-state index in [0.717, 1.165) is 12.8 Å². The zero-order valence-corrected chi connectivity index (χ0v) is 15.8. The van der Waals surface area contributed by atoms with Crippen LogP contribution in [0.2, 0.25) is 0 Å². The van der Waals surface area contributed by atoms with E-state index in [4.69, 9.17) is 0 Å². The normalized spacial score (nSPS) is 12.8. The molecule has 0 saturated heterocycles. The minimum Gasteiger partial charge on any atom is -0.317 e. The summed E-state index contributed by atoms with van der Waals surface area (Å²) in [6.45, 7) is 4.43. The monoisotopic (exact) mass is 357 g/mol. The highest BCUT2D eigenvalue weighted by molar-refractivity contribution is 9.10. The van der Waals surface area contributed by atoms with Crippen LogP contribution in [0.3, 0.4) is 0 Å². The van der Waals surface area contributed by atoms with Crippen molar-refractivity contribution in [1.29, 1.82) is 0 Å². The summed E-state index contributed by atoms with van der Waals surface area (Å²) >= 11 is 3.72. The molecule has 1 N–H and O–H groups in total. The van der Waals surface area contributed by atoms with Crippen molar-refractivity contribution in [1.82, 2.24) is 15.1 Å². The minimum absolute atomic E-state index is 0.549. The van der Waals surface area contributed by atoms with Gasteiger partial charge in [0.2, 0.25) is 0 Å². The van der Waals surface area contributed by atoms with Crippen molar-refractivity contribution in [2.45, 2.75) is 77.7 Å². The van der Waals surface area contributed by atoms with Gasteiger partial charge in [0.15, 0.2) is 0 Å². The molecule has 0 saturated carbocycles. The summed E-state index contributed by atoms with van der Waals surface area (Å²) in [5.41, 5.74) is 2.49. The molecule has 0 amide bonds. The highest BCUT2D eigenvalue weighted by atomic mass is 79.9. The van der Waals surface area contributed by atoms with E-state index in [-0.39, 0.29) is 0 Å². The number of hydrogen-bond donors (Lipinski definition) is 1. The maximum Gasteiger partial charge on any atom is 0.0766 e. The molecule has 4 heteroatoms. The van der Waals surface area contributed by atoms with Crippen LogP contribution in [0, 0.1) is 0 Å². The Morgan fingerprint density at radius 2 is 1.81 bits per heavy atom. The second-order valence-electron chi connectivity index (χ2n) is 5.93. The molecule has 0 aromatic carbocycles. The third-order valence-corrected chi connectivity index (χ3v) is 5.17. The molecular weight excluding hydrogens is 326 g/mol. The van der Waals surface area contributed by atoms with Gasteiger partial charge in [0.05, 0.1) is 15.9 Å². The van der Waals surface area contributed by atoms with Gasteiger partial charge in [-0.3, -0.25) is 4.68 Å². The number of unbranched alkanes of at least 4 members (excludes halogenated alkanes) is 5. The van der Waals surface area contributed by atoms with Gasteiger partial charge in [0, 0.05) is 19.5 Å². The Balaban J connectivity index is 2.42. The highest BCUT2D eigenvalue weighted by Gasteiger charge is 2.16. The van der Waals surface area contributed by atoms with Gasteiger partial charge >= 0.3 is 0 Å². The average Bonchev–Trinajstić information content (AvgIpc) is 2.76. The van der Waals surface area contributed by atoms with Crippen LogP contribution in [-0.4, -0.2) is 22.9 Å². The first kappa shape index (κ1) is 18.7. The summed E-state index contributed by atoms with van der Waals surface area (Å²) in [5, 5.41) is 8.06.